The van der Waals surface area contributed by atoms with Crippen molar-refractivity contribution in [2.45, 2.75) is 38.3 Å². The molecule has 2 rings (SSSR count). The van der Waals surface area contributed by atoms with E-state index in [1.54, 1.807) is 5.01 Å². The second-order valence-electron chi connectivity index (χ2n) is 4.96. The van der Waals surface area contributed by atoms with Gasteiger partial charge >= 0.3 is 0 Å². The Morgan fingerprint density at radius 2 is 1.69 bits per heavy atom. The lowest BCUT2D eigenvalue weighted by Gasteiger charge is -2.39. The van der Waals surface area contributed by atoms with Gasteiger partial charge in [0.1, 0.15) is 0 Å². The van der Waals surface area contributed by atoms with Gasteiger partial charge in [-0.1, -0.05) is 6.42 Å². The highest BCUT2D eigenvalue weighted by Gasteiger charge is 2.28. The van der Waals surface area contributed by atoms with Gasteiger partial charge in [0.05, 0.1) is 11.5 Å². The van der Waals surface area contributed by atoms with Crippen LogP contribution in [0.15, 0.2) is 5.29 Å². The van der Waals surface area contributed by atoms with Gasteiger partial charge in [0, 0.05) is 13.1 Å². The summed E-state index contributed by atoms with van der Waals surface area (Å²) in [5, 5.41) is 4.59. The fraction of sp³-hybridized carbons (Fsp3) is 1.00. The first-order valence-corrected chi connectivity index (χ1v) is 6.39. The van der Waals surface area contributed by atoms with Crippen LogP contribution in [0.2, 0.25) is 0 Å². The van der Waals surface area contributed by atoms with Crippen molar-refractivity contribution in [2.24, 2.45) is 16.9 Å². The smallest absolute Gasteiger partial charge is 0.0602 e. The van der Waals surface area contributed by atoms with E-state index in [1.165, 1.54) is 19.3 Å². The van der Waals surface area contributed by atoms with Crippen LogP contribution in [-0.4, -0.2) is 42.3 Å². The molecule has 2 saturated heterocycles. The topological polar surface area (TPSA) is 61.9 Å². The van der Waals surface area contributed by atoms with Gasteiger partial charge in [-0.15, -0.1) is 4.91 Å². The minimum absolute atomic E-state index is 0.189. The lowest BCUT2D eigenvalue weighted by Crippen LogP contribution is -2.51. The molecule has 5 nitrogen and oxygen atoms in total. The highest BCUT2D eigenvalue weighted by atomic mass is 16.3. The van der Waals surface area contributed by atoms with E-state index in [4.69, 9.17) is 5.73 Å². The molecular weight excluding hydrogens is 204 g/mol. The highest BCUT2D eigenvalue weighted by molar-refractivity contribution is 4.81. The summed E-state index contributed by atoms with van der Waals surface area (Å²) >= 11 is 0. The zero-order chi connectivity index (χ0) is 11.4. The molecule has 2 aliphatic rings. The minimum Gasteiger partial charge on any atom is -0.315 e. The highest BCUT2D eigenvalue weighted by Crippen LogP contribution is 2.23. The molecule has 1 unspecified atom stereocenters. The number of hydrogen-bond donors (Lipinski definition) is 1. The lowest BCUT2D eigenvalue weighted by atomic mass is 9.93. The molecule has 92 valence electrons. The zero-order valence-corrected chi connectivity index (χ0v) is 9.85. The summed E-state index contributed by atoms with van der Waals surface area (Å²) in [4.78, 5) is 12.8. The van der Waals surface area contributed by atoms with Crippen LogP contribution in [0.4, 0.5) is 0 Å². The molecular formula is C11H22N4O. The summed E-state index contributed by atoms with van der Waals surface area (Å²) < 4.78 is 0. The van der Waals surface area contributed by atoms with Crippen LogP contribution in [0, 0.1) is 10.8 Å². The van der Waals surface area contributed by atoms with Gasteiger partial charge in [-0.25, -0.2) is 0 Å². The SMILES string of the molecule is NC(C1CCN(N=O)CC1)N1CCCCC1. The Morgan fingerprint density at radius 1 is 1.06 bits per heavy atom. The summed E-state index contributed by atoms with van der Waals surface area (Å²) in [7, 11) is 0. The number of piperidine rings is 2. The first-order valence-electron chi connectivity index (χ1n) is 6.39. The first kappa shape index (κ1) is 11.8. The van der Waals surface area contributed by atoms with Gasteiger partial charge in [-0.05, 0) is 44.7 Å². The molecule has 0 amide bonds. The van der Waals surface area contributed by atoms with Gasteiger partial charge < -0.3 is 5.73 Å². The van der Waals surface area contributed by atoms with Crippen LogP contribution < -0.4 is 5.73 Å². The first-order chi connectivity index (χ1) is 7.81. The number of rotatable bonds is 3. The molecule has 0 aliphatic carbocycles. The van der Waals surface area contributed by atoms with Crippen molar-refractivity contribution < 1.29 is 0 Å². The average Bonchev–Trinajstić information content (AvgIpc) is 2.39. The molecule has 0 aromatic heterocycles. The predicted molar refractivity (Wildman–Crippen MR) is 63.5 cm³/mol. The van der Waals surface area contributed by atoms with Crippen molar-refractivity contribution in [1.29, 1.82) is 0 Å². The largest absolute Gasteiger partial charge is 0.315 e. The monoisotopic (exact) mass is 226 g/mol. The third-order valence-corrected chi connectivity index (χ3v) is 3.93. The molecule has 2 aliphatic heterocycles. The van der Waals surface area contributed by atoms with Crippen LogP contribution >= 0.6 is 0 Å². The number of likely N-dealkylation sites (tertiary alicyclic amines) is 1. The van der Waals surface area contributed by atoms with E-state index in [-0.39, 0.29) is 6.17 Å². The Labute approximate surface area is 96.9 Å². The average molecular weight is 226 g/mol. The van der Waals surface area contributed by atoms with Crippen molar-refractivity contribution in [3.63, 3.8) is 0 Å². The Morgan fingerprint density at radius 3 is 2.25 bits per heavy atom. The van der Waals surface area contributed by atoms with Crippen LogP contribution in [0.1, 0.15) is 32.1 Å². The van der Waals surface area contributed by atoms with E-state index in [0.29, 0.717) is 5.92 Å². The second kappa shape index (κ2) is 5.59. The summed E-state index contributed by atoms with van der Waals surface area (Å²) in [5.74, 6) is 0.538. The molecule has 16 heavy (non-hydrogen) atoms. The maximum atomic E-state index is 10.4. The van der Waals surface area contributed by atoms with Crippen molar-refractivity contribution in [3.8, 4) is 0 Å². The standard InChI is InChI=1S/C11H22N4O/c12-11(14-6-2-1-3-7-14)10-4-8-15(13-16)9-5-10/h10-11H,1-9,12H2. The molecule has 2 heterocycles. The molecule has 0 radical (unpaired) electrons. The fourth-order valence-electron chi connectivity index (χ4n) is 2.82. The van der Waals surface area contributed by atoms with Crippen molar-refractivity contribution in [3.05, 3.63) is 4.91 Å². The van der Waals surface area contributed by atoms with Crippen molar-refractivity contribution >= 4 is 0 Å². The van der Waals surface area contributed by atoms with Crippen LogP contribution in [-0.2, 0) is 0 Å². The molecule has 5 heteroatoms. The van der Waals surface area contributed by atoms with Gasteiger partial charge in [0.25, 0.3) is 0 Å². The fourth-order valence-corrected chi connectivity index (χ4v) is 2.82. The van der Waals surface area contributed by atoms with E-state index in [1.807, 2.05) is 0 Å². The lowest BCUT2D eigenvalue weighted by molar-refractivity contribution is 0.0768. The van der Waals surface area contributed by atoms with E-state index >= 15 is 0 Å². The van der Waals surface area contributed by atoms with E-state index in [9.17, 15) is 4.91 Å². The van der Waals surface area contributed by atoms with Crippen LogP contribution in [0.25, 0.3) is 0 Å². The molecule has 0 aromatic rings. The zero-order valence-electron chi connectivity index (χ0n) is 9.85. The van der Waals surface area contributed by atoms with E-state index in [2.05, 4.69) is 10.2 Å². The normalized spacial score (nSPS) is 26.7. The number of nitroso groups, excluding NO2 is 1. The quantitative estimate of drug-likeness (QED) is 0.733. The second-order valence-corrected chi connectivity index (χ2v) is 4.96. The maximum absolute atomic E-state index is 10.4. The molecule has 2 N–H and O–H groups in total. The van der Waals surface area contributed by atoms with E-state index in [0.717, 1.165) is 39.0 Å². The number of nitrogens with two attached hydrogens (primary N) is 1. The molecule has 0 bridgehead atoms. The van der Waals surface area contributed by atoms with Crippen molar-refractivity contribution in [1.82, 2.24) is 9.91 Å². The van der Waals surface area contributed by atoms with Crippen molar-refractivity contribution in [2.75, 3.05) is 26.2 Å². The third-order valence-electron chi connectivity index (χ3n) is 3.93. The third kappa shape index (κ3) is 2.71. The Bertz CT molecular complexity index is 222. The summed E-state index contributed by atoms with van der Waals surface area (Å²) in [6, 6.07) is 0. The Hall–Kier alpha value is -0.680. The molecule has 2 fully saturated rings. The predicted octanol–water partition coefficient (Wildman–Crippen LogP) is 1.15. The maximum Gasteiger partial charge on any atom is 0.0602 e. The minimum atomic E-state index is 0.189. The molecule has 1 atom stereocenters. The van der Waals surface area contributed by atoms with Gasteiger partial charge in [0.15, 0.2) is 0 Å². The molecule has 0 aromatic carbocycles. The van der Waals surface area contributed by atoms with Crippen LogP contribution in [0.5, 0.6) is 0 Å². The number of nitrogens with zero attached hydrogens (tertiary/aromatic N) is 3. The summed E-state index contributed by atoms with van der Waals surface area (Å²) in [6.45, 7) is 3.84. The Balaban J connectivity index is 1.80. The van der Waals surface area contributed by atoms with Gasteiger partial charge in [0.2, 0.25) is 0 Å². The van der Waals surface area contributed by atoms with Gasteiger partial charge in [-0.2, -0.15) is 0 Å². The molecule has 0 spiro atoms. The van der Waals surface area contributed by atoms with Crippen LogP contribution in [0.3, 0.4) is 0 Å². The molecule has 0 saturated carbocycles. The number of hydrogen-bond acceptors (Lipinski definition) is 4. The summed E-state index contributed by atoms with van der Waals surface area (Å²) in [6.07, 6.45) is 6.10. The van der Waals surface area contributed by atoms with Gasteiger partial charge in [-0.3, -0.25) is 9.91 Å². The summed E-state index contributed by atoms with van der Waals surface area (Å²) in [5.41, 5.74) is 6.31. The Kier molecular flexibility index (Phi) is 4.12. The van der Waals surface area contributed by atoms with E-state index < -0.39 is 0 Å².